The predicted octanol–water partition coefficient (Wildman–Crippen LogP) is 2.95. The quantitative estimate of drug-likeness (QED) is 0.879. The number of aromatic nitrogens is 1. The summed E-state index contributed by atoms with van der Waals surface area (Å²) >= 11 is 0. The van der Waals surface area contributed by atoms with Crippen molar-refractivity contribution in [3.05, 3.63) is 59.5 Å². The molecule has 0 fully saturated rings. The third-order valence-electron chi connectivity index (χ3n) is 3.12. The van der Waals surface area contributed by atoms with E-state index in [-0.39, 0.29) is 5.82 Å². The Labute approximate surface area is 118 Å². The van der Waals surface area contributed by atoms with Crippen molar-refractivity contribution in [1.29, 1.82) is 0 Å². The van der Waals surface area contributed by atoms with E-state index in [0.717, 1.165) is 24.1 Å². The van der Waals surface area contributed by atoms with Crippen LogP contribution >= 0.6 is 0 Å². The zero-order chi connectivity index (χ0) is 14.4. The first-order valence-electron chi connectivity index (χ1n) is 6.64. The highest BCUT2D eigenvalue weighted by Crippen LogP contribution is 2.08. The molecule has 0 saturated carbocycles. The van der Waals surface area contributed by atoms with Gasteiger partial charge in [-0.25, -0.2) is 9.37 Å². The van der Waals surface area contributed by atoms with Gasteiger partial charge in [0.05, 0.1) is 7.11 Å². The van der Waals surface area contributed by atoms with Crippen molar-refractivity contribution >= 4 is 0 Å². The van der Waals surface area contributed by atoms with Gasteiger partial charge >= 0.3 is 0 Å². The molecule has 0 saturated heterocycles. The zero-order valence-corrected chi connectivity index (χ0v) is 11.8. The fourth-order valence-corrected chi connectivity index (χ4v) is 1.97. The van der Waals surface area contributed by atoms with Gasteiger partial charge in [-0.3, -0.25) is 0 Å². The lowest BCUT2D eigenvalue weighted by Crippen LogP contribution is -2.27. The molecule has 2 aromatic rings. The minimum absolute atomic E-state index is 0.196. The topological polar surface area (TPSA) is 34.1 Å². The first-order chi connectivity index (χ1) is 9.67. The van der Waals surface area contributed by atoms with Crippen LogP contribution in [0.2, 0.25) is 0 Å². The first-order valence-corrected chi connectivity index (χ1v) is 6.64. The second-order valence-corrected chi connectivity index (χ2v) is 4.82. The molecule has 4 heteroatoms. The Hall–Kier alpha value is -1.94. The van der Waals surface area contributed by atoms with Gasteiger partial charge in [-0.1, -0.05) is 18.2 Å². The largest absolute Gasteiger partial charge is 0.481 e. The fraction of sp³-hybridized carbons (Fsp3) is 0.312. The molecule has 0 aliphatic carbocycles. The maximum absolute atomic E-state index is 12.8. The first kappa shape index (κ1) is 14.5. The van der Waals surface area contributed by atoms with E-state index < -0.39 is 0 Å². The van der Waals surface area contributed by atoms with Crippen molar-refractivity contribution in [2.75, 3.05) is 7.11 Å². The molecule has 1 heterocycles. The van der Waals surface area contributed by atoms with Crippen molar-refractivity contribution in [3.63, 3.8) is 0 Å². The highest BCUT2D eigenvalue weighted by Gasteiger charge is 2.04. The van der Waals surface area contributed by atoms with E-state index in [1.54, 1.807) is 13.3 Å². The SMILES string of the molecule is COc1ccc(CNC(C)Cc2ccc(F)cc2)cn1. The van der Waals surface area contributed by atoms with E-state index in [1.165, 1.54) is 12.1 Å². The second-order valence-electron chi connectivity index (χ2n) is 4.82. The summed E-state index contributed by atoms with van der Waals surface area (Å²) in [6.45, 7) is 2.86. The van der Waals surface area contributed by atoms with E-state index >= 15 is 0 Å². The molecule has 0 radical (unpaired) electrons. The van der Waals surface area contributed by atoms with E-state index in [2.05, 4.69) is 17.2 Å². The van der Waals surface area contributed by atoms with E-state index in [4.69, 9.17) is 4.74 Å². The van der Waals surface area contributed by atoms with Gasteiger partial charge in [0, 0.05) is 24.8 Å². The lowest BCUT2D eigenvalue weighted by molar-refractivity contribution is 0.397. The van der Waals surface area contributed by atoms with Gasteiger partial charge in [-0.15, -0.1) is 0 Å². The molecule has 1 unspecified atom stereocenters. The van der Waals surface area contributed by atoms with Gasteiger partial charge in [0.25, 0.3) is 0 Å². The number of halogens is 1. The molecule has 1 N–H and O–H groups in total. The standard InChI is InChI=1S/C16H19FN2O/c1-12(9-13-3-6-15(17)7-4-13)18-10-14-5-8-16(20-2)19-11-14/h3-8,11-12,18H,9-10H2,1-2H3. The highest BCUT2D eigenvalue weighted by atomic mass is 19.1. The van der Waals surface area contributed by atoms with Gasteiger partial charge in [0.2, 0.25) is 5.88 Å². The van der Waals surface area contributed by atoms with E-state index in [0.29, 0.717) is 11.9 Å². The molecule has 1 aromatic heterocycles. The van der Waals surface area contributed by atoms with Crippen molar-refractivity contribution in [2.24, 2.45) is 0 Å². The van der Waals surface area contributed by atoms with Crippen LogP contribution in [0.25, 0.3) is 0 Å². The lowest BCUT2D eigenvalue weighted by atomic mass is 10.1. The number of pyridine rings is 1. The normalized spacial score (nSPS) is 12.2. The highest BCUT2D eigenvalue weighted by molar-refractivity contribution is 5.19. The molecule has 0 aliphatic rings. The van der Waals surface area contributed by atoms with Crippen LogP contribution in [0.15, 0.2) is 42.6 Å². The number of nitrogens with one attached hydrogen (secondary N) is 1. The third kappa shape index (κ3) is 4.31. The molecule has 3 nitrogen and oxygen atoms in total. The fourth-order valence-electron chi connectivity index (χ4n) is 1.97. The van der Waals surface area contributed by atoms with Gasteiger partial charge < -0.3 is 10.1 Å². The Balaban J connectivity index is 1.82. The Bertz CT molecular complexity index is 525. The molecule has 1 aromatic carbocycles. The van der Waals surface area contributed by atoms with Crippen molar-refractivity contribution in [1.82, 2.24) is 10.3 Å². The van der Waals surface area contributed by atoms with Crippen LogP contribution in [0.1, 0.15) is 18.1 Å². The average Bonchev–Trinajstić information content (AvgIpc) is 2.48. The molecule has 0 bridgehead atoms. The molecular weight excluding hydrogens is 255 g/mol. The number of nitrogens with zero attached hydrogens (tertiary/aromatic N) is 1. The van der Waals surface area contributed by atoms with Crippen LogP contribution in [0.4, 0.5) is 4.39 Å². The zero-order valence-electron chi connectivity index (χ0n) is 11.8. The minimum Gasteiger partial charge on any atom is -0.481 e. The Morgan fingerprint density at radius 2 is 1.85 bits per heavy atom. The Morgan fingerprint density at radius 1 is 1.15 bits per heavy atom. The second kappa shape index (κ2) is 7.01. The van der Waals surface area contributed by atoms with Crippen LogP contribution in [0.3, 0.4) is 0 Å². The summed E-state index contributed by atoms with van der Waals surface area (Å²) in [4.78, 5) is 4.16. The maximum atomic E-state index is 12.8. The lowest BCUT2D eigenvalue weighted by Gasteiger charge is -2.14. The summed E-state index contributed by atoms with van der Waals surface area (Å²) in [6, 6.07) is 10.8. The minimum atomic E-state index is -0.196. The summed E-state index contributed by atoms with van der Waals surface area (Å²) in [5.41, 5.74) is 2.23. The number of hydrogen-bond donors (Lipinski definition) is 1. The van der Waals surface area contributed by atoms with Gasteiger partial charge in [0.1, 0.15) is 5.82 Å². The summed E-state index contributed by atoms with van der Waals surface area (Å²) in [5, 5.41) is 3.42. The Morgan fingerprint density at radius 3 is 2.45 bits per heavy atom. The third-order valence-corrected chi connectivity index (χ3v) is 3.12. The molecule has 2 rings (SSSR count). The number of hydrogen-bond acceptors (Lipinski definition) is 3. The monoisotopic (exact) mass is 274 g/mol. The summed E-state index contributed by atoms with van der Waals surface area (Å²) < 4.78 is 17.8. The van der Waals surface area contributed by atoms with Crippen molar-refractivity contribution in [3.8, 4) is 5.88 Å². The average molecular weight is 274 g/mol. The molecule has 1 atom stereocenters. The summed E-state index contributed by atoms with van der Waals surface area (Å²) in [5.74, 6) is 0.423. The number of benzene rings is 1. The van der Waals surface area contributed by atoms with Crippen LogP contribution in [0.5, 0.6) is 5.88 Å². The molecule has 0 amide bonds. The van der Waals surface area contributed by atoms with Gasteiger partial charge in [0.15, 0.2) is 0 Å². The van der Waals surface area contributed by atoms with Crippen LogP contribution in [-0.4, -0.2) is 18.1 Å². The van der Waals surface area contributed by atoms with Crippen molar-refractivity contribution in [2.45, 2.75) is 25.9 Å². The molecule has 0 aliphatic heterocycles. The summed E-state index contributed by atoms with van der Waals surface area (Å²) in [7, 11) is 1.60. The molecule has 106 valence electrons. The molecule has 0 spiro atoms. The van der Waals surface area contributed by atoms with Gasteiger partial charge in [-0.2, -0.15) is 0 Å². The van der Waals surface area contributed by atoms with Crippen molar-refractivity contribution < 1.29 is 9.13 Å². The van der Waals surface area contributed by atoms with Gasteiger partial charge in [-0.05, 0) is 36.6 Å². The number of ether oxygens (including phenoxy) is 1. The molecular formula is C16H19FN2O. The predicted molar refractivity (Wildman–Crippen MR) is 77.2 cm³/mol. The maximum Gasteiger partial charge on any atom is 0.212 e. The number of methoxy groups -OCH3 is 1. The van der Waals surface area contributed by atoms with E-state index in [9.17, 15) is 4.39 Å². The van der Waals surface area contributed by atoms with Crippen LogP contribution < -0.4 is 10.1 Å². The van der Waals surface area contributed by atoms with Crippen LogP contribution in [0, 0.1) is 5.82 Å². The summed E-state index contributed by atoms with van der Waals surface area (Å²) in [6.07, 6.45) is 2.67. The molecule has 20 heavy (non-hydrogen) atoms. The smallest absolute Gasteiger partial charge is 0.212 e. The number of rotatable bonds is 6. The van der Waals surface area contributed by atoms with Crippen LogP contribution in [-0.2, 0) is 13.0 Å². The van der Waals surface area contributed by atoms with E-state index in [1.807, 2.05) is 24.3 Å². The Kier molecular flexibility index (Phi) is 5.07.